The first kappa shape index (κ1) is 9.44. The van der Waals surface area contributed by atoms with Crippen LogP contribution in [0.2, 0.25) is 0 Å². The first-order chi connectivity index (χ1) is 6.06. The number of aliphatic imine (C=N–C) groups is 1. The zero-order valence-electron chi connectivity index (χ0n) is 7.07. The number of nitrogens with zero attached hydrogens (tertiary/aromatic N) is 1. The first-order valence-electron chi connectivity index (χ1n) is 3.82. The highest BCUT2D eigenvalue weighted by Crippen LogP contribution is 2.17. The molecule has 0 atom stereocenters. The van der Waals surface area contributed by atoms with Crippen molar-refractivity contribution >= 4 is 17.6 Å². The van der Waals surface area contributed by atoms with Gasteiger partial charge in [-0.3, -0.25) is 4.79 Å². The molecule has 1 rings (SSSR count). The first-order valence-corrected chi connectivity index (χ1v) is 3.82. The van der Waals surface area contributed by atoms with Crippen LogP contribution in [0.1, 0.15) is 19.8 Å². The predicted molar refractivity (Wildman–Crippen MR) is 44.6 cm³/mol. The minimum atomic E-state index is -1.24. The second-order valence-electron chi connectivity index (χ2n) is 2.61. The second kappa shape index (κ2) is 3.38. The number of rotatable bonds is 2. The molecule has 0 fully saturated rings. The lowest BCUT2D eigenvalue weighted by atomic mass is 10.0. The number of aliphatic hydroxyl groups is 1. The number of dihydropyridines is 1. The Balaban J connectivity index is 3.15. The standard InChI is InChI=1S/C8H9NO4/c1-2-4-7(8(12)13)5(10)3-6(11)9-4/h10H,2-3H2,1H3,(H,12,13). The van der Waals surface area contributed by atoms with E-state index in [0.29, 0.717) is 6.42 Å². The van der Waals surface area contributed by atoms with Gasteiger partial charge in [-0.15, -0.1) is 0 Å². The molecule has 0 spiro atoms. The van der Waals surface area contributed by atoms with E-state index < -0.39 is 17.6 Å². The molecular formula is C8H9NO4. The summed E-state index contributed by atoms with van der Waals surface area (Å²) in [5.41, 5.74) is -0.0941. The molecular weight excluding hydrogens is 174 g/mol. The van der Waals surface area contributed by atoms with Gasteiger partial charge in [-0.25, -0.2) is 9.79 Å². The minimum Gasteiger partial charge on any atom is -0.511 e. The molecule has 0 aromatic heterocycles. The maximum atomic E-state index is 10.8. The normalized spacial score (nSPS) is 17.3. The van der Waals surface area contributed by atoms with Crippen molar-refractivity contribution in [1.82, 2.24) is 0 Å². The Morgan fingerprint density at radius 1 is 1.62 bits per heavy atom. The van der Waals surface area contributed by atoms with Gasteiger partial charge in [0.25, 0.3) is 5.91 Å². The van der Waals surface area contributed by atoms with Gasteiger partial charge in [0.05, 0.1) is 12.1 Å². The Hall–Kier alpha value is -1.65. The molecule has 2 N–H and O–H groups in total. The van der Waals surface area contributed by atoms with Crippen LogP contribution in [0.15, 0.2) is 16.3 Å². The second-order valence-corrected chi connectivity index (χ2v) is 2.61. The molecule has 1 heterocycles. The van der Waals surface area contributed by atoms with E-state index in [1.807, 2.05) is 0 Å². The summed E-state index contributed by atoms with van der Waals surface area (Å²) in [6.07, 6.45) is 0.00255. The van der Waals surface area contributed by atoms with Crippen LogP contribution in [0.3, 0.4) is 0 Å². The number of amides is 1. The SMILES string of the molecule is CCC1=NC(=O)CC(O)=C1C(=O)O. The van der Waals surface area contributed by atoms with E-state index in [1.165, 1.54) is 0 Å². The number of hydrogen-bond acceptors (Lipinski definition) is 3. The molecule has 13 heavy (non-hydrogen) atoms. The maximum absolute atomic E-state index is 10.8. The van der Waals surface area contributed by atoms with Crippen molar-refractivity contribution < 1.29 is 19.8 Å². The van der Waals surface area contributed by atoms with Crippen LogP contribution >= 0.6 is 0 Å². The third-order valence-electron chi connectivity index (χ3n) is 1.70. The minimum absolute atomic E-state index is 0.140. The predicted octanol–water partition coefficient (Wildman–Crippen LogP) is 0.664. The zero-order valence-corrected chi connectivity index (χ0v) is 7.07. The average molecular weight is 183 g/mol. The molecule has 0 aliphatic carbocycles. The fraction of sp³-hybridized carbons (Fsp3) is 0.375. The van der Waals surface area contributed by atoms with Crippen molar-refractivity contribution in [2.24, 2.45) is 4.99 Å². The summed E-state index contributed by atoms with van der Waals surface area (Å²) in [4.78, 5) is 25.0. The van der Waals surface area contributed by atoms with E-state index in [9.17, 15) is 14.7 Å². The molecule has 0 aromatic carbocycles. The summed E-state index contributed by atoms with van der Waals surface area (Å²) in [5, 5.41) is 17.9. The summed E-state index contributed by atoms with van der Waals surface area (Å²) in [6.45, 7) is 1.67. The molecule has 0 bridgehead atoms. The largest absolute Gasteiger partial charge is 0.511 e. The molecule has 1 amide bonds. The number of aliphatic hydroxyl groups excluding tert-OH is 1. The van der Waals surface area contributed by atoms with Gasteiger partial charge in [0.15, 0.2) is 0 Å². The monoisotopic (exact) mass is 183 g/mol. The zero-order chi connectivity index (χ0) is 10.0. The summed E-state index contributed by atoms with van der Waals surface area (Å²) in [6, 6.07) is 0. The average Bonchev–Trinajstić information content (AvgIpc) is 2.01. The molecule has 0 radical (unpaired) electrons. The Labute approximate surface area is 74.4 Å². The van der Waals surface area contributed by atoms with Crippen LogP contribution in [0.5, 0.6) is 0 Å². The van der Waals surface area contributed by atoms with Gasteiger partial charge in [-0.05, 0) is 6.42 Å². The van der Waals surface area contributed by atoms with Gasteiger partial charge < -0.3 is 10.2 Å². The Morgan fingerprint density at radius 2 is 2.23 bits per heavy atom. The van der Waals surface area contributed by atoms with Crippen LogP contribution in [-0.4, -0.2) is 27.8 Å². The molecule has 70 valence electrons. The highest BCUT2D eigenvalue weighted by molar-refractivity contribution is 6.23. The van der Waals surface area contributed by atoms with E-state index in [4.69, 9.17) is 5.11 Å². The maximum Gasteiger partial charge on any atom is 0.341 e. The highest BCUT2D eigenvalue weighted by atomic mass is 16.4. The molecule has 0 aromatic rings. The molecule has 5 heteroatoms. The van der Waals surface area contributed by atoms with Crippen LogP contribution in [-0.2, 0) is 9.59 Å². The smallest absolute Gasteiger partial charge is 0.341 e. The number of carbonyl (C=O) groups is 2. The van der Waals surface area contributed by atoms with E-state index in [1.54, 1.807) is 6.92 Å². The molecule has 0 saturated heterocycles. The Morgan fingerprint density at radius 3 is 2.69 bits per heavy atom. The molecule has 0 saturated carbocycles. The van der Waals surface area contributed by atoms with Gasteiger partial charge in [-0.1, -0.05) is 6.92 Å². The van der Waals surface area contributed by atoms with Gasteiger partial charge >= 0.3 is 5.97 Å². The van der Waals surface area contributed by atoms with Crippen molar-refractivity contribution in [3.8, 4) is 0 Å². The third-order valence-corrected chi connectivity index (χ3v) is 1.70. The van der Waals surface area contributed by atoms with Crippen molar-refractivity contribution in [3.05, 3.63) is 11.3 Å². The molecule has 5 nitrogen and oxygen atoms in total. The quantitative estimate of drug-likeness (QED) is 0.658. The van der Waals surface area contributed by atoms with Crippen molar-refractivity contribution in [2.75, 3.05) is 0 Å². The molecule has 0 unspecified atom stereocenters. The topological polar surface area (TPSA) is 87.0 Å². The fourth-order valence-electron chi connectivity index (χ4n) is 1.15. The lowest BCUT2D eigenvalue weighted by Crippen LogP contribution is -2.21. The third kappa shape index (κ3) is 1.74. The van der Waals surface area contributed by atoms with E-state index in [-0.39, 0.29) is 17.7 Å². The van der Waals surface area contributed by atoms with Crippen LogP contribution < -0.4 is 0 Å². The summed E-state index contributed by atoms with van der Waals surface area (Å²) in [5.74, 6) is -2.14. The van der Waals surface area contributed by atoms with Gasteiger partial charge in [-0.2, -0.15) is 0 Å². The summed E-state index contributed by atoms with van der Waals surface area (Å²) in [7, 11) is 0. The molecule has 1 aliphatic heterocycles. The highest BCUT2D eigenvalue weighted by Gasteiger charge is 2.25. The fourth-order valence-corrected chi connectivity index (χ4v) is 1.15. The van der Waals surface area contributed by atoms with Crippen LogP contribution in [0, 0.1) is 0 Å². The van der Waals surface area contributed by atoms with E-state index in [2.05, 4.69) is 4.99 Å². The molecule has 1 aliphatic rings. The van der Waals surface area contributed by atoms with Crippen molar-refractivity contribution in [2.45, 2.75) is 19.8 Å². The Bertz CT molecular complexity index is 327. The Kier molecular flexibility index (Phi) is 2.46. The number of carboxylic acids is 1. The number of carbonyl (C=O) groups excluding carboxylic acids is 1. The van der Waals surface area contributed by atoms with Gasteiger partial charge in [0.1, 0.15) is 11.3 Å². The van der Waals surface area contributed by atoms with E-state index >= 15 is 0 Å². The van der Waals surface area contributed by atoms with Crippen molar-refractivity contribution in [3.63, 3.8) is 0 Å². The lowest BCUT2D eigenvalue weighted by Gasteiger charge is -2.11. The van der Waals surface area contributed by atoms with Crippen LogP contribution in [0.25, 0.3) is 0 Å². The summed E-state index contributed by atoms with van der Waals surface area (Å²) < 4.78 is 0. The number of hydrogen-bond donors (Lipinski definition) is 2. The summed E-state index contributed by atoms with van der Waals surface area (Å²) >= 11 is 0. The van der Waals surface area contributed by atoms with Crippen molar-refractivity contribution in [1.29, 1.82) is 0 Å². The number of aliphatic carboxylic acids is 1. The van der Waals surface area contributed by atoms with E-state index in [0.717, 1.165) is 0 Å². The van der Waals surface area contributed by atoms with Crippen LogP contribution in [0.4, 0.5) is 0 Å². The lowest BCUT2D eigenvalue weighted by molar-refractivity contribution is -0.132. The number of carboxylic acid groups (broad SMARTS) is 1. The van der Waals surface area contributed by atoms with Gasteiger partial charge in [0, 0.05) is 0 Å². The van der Waals surface area contributed by atoms with Gasteiger partial charge in [0.2, 0.25) is 0 Å².